The van der Waals surface area contributed by atoms with E-state index >= 15 is 0 Å². The molecule has 0 saturated heterocycles. The van der Waals surface area contributed by atoms with Gasteiger partial charge < -0.3 is 4.42 Å². The highest BCUT2D eigenvalue weighted by atomic mass is 16.4. The molecule has 4 rings (SSSR count). The van der Waals surface area contributed by atoms with Gasteiger partial charge in [-0.3, -0.25) is 0 Å². The smallest absolute Gasteiger partial charge is 0.381 e. The van der Waals surface area contributed by atoms with Crippen LogP contribution >= 0.6 is 0 Å². The summed E-state index contributed by atoms with van der Waals surface area (Å²) in [7, 11) is 4.16. The van der Waals surface area contributed by atoms with Gasteiger partial charge in [0.15, 0.2) is 6.20 Å². The molecule has 3 nitrogen and oxygen atoms in total. The van der Waals surface area contributed by atoms with Crippen LogP contribution in [-0.4, -0.2) is 0 Å². The molecule has 0 bridgehead atoms. The molecule has 4 aromatic rings. The maximum atomic E-state index is 6.26. The van der Waals surface area contributed by atoms with Crippen LogP contribution in [0.2, 0.25) is 0 Å². The molecular formula is C23H24N2O+2. The third-order valence-corrected chi connectivity index (χ3v) is 5.23. The zero-order chi connectivity index (χ0) is 18.4. The van der Waals surface area contributed by atoms with Crippen molar-refractivity contribution in [3.63, 3.8) is 0 Å². The van der Waals surface area contributed by atoms with E-state index in [0.717, 1.165) is 17.0 Å². The predicted molar refractivity (Wildman–Crippen MR) is 104 cm³/mol. The molecule has 26 heavy (non-hydrogen) atoms. The average molecular weight is 344 g/mol. The molecule has 0 N–H and O–H groups in total. The van der Waals surface area contributed by atoms with Crippen LogP contribution in [0.5, 0.6) is 0 Å². The molecule has 0 aliphatic carbocycles. The fourth-order valence-corrected chi connectivity index (χ4v) is 4.01. The van der Waals surface area contributed by atoms with Gasteiger partial charge in [0.25, 0.3) is 5.52 Å². The number of oxazole rings is 1. The van der Waals surface area contributed by atoms with E-state index in [-0.39, 0.29) is 0 Å². The molecule has 2 heterocycles. The SMILES string of the molecule is Cc1cc(C)c(-c2oc3ccccc3[n+]2C)c(C)c1-c1cccc[n+]1C. The number of pyridine rings is 1. The Hall–Kier alpha value is -2.94. The van der Waals surface area contributed by atoms with E-state index in [0.29, 0.717) is 0 Å². The normalized spacial score (nSPS) is 11.3. The van der Waals surface area contributed by atoms with Gasteiger partial charge in [0.2, 0.25) is 11.3 Å². The third kappa shape index (κ3) is 2.43. The fraction of sp³-hybridized carbons (Fsp3) is 0.217. The van der Waals surface area contributed by atoms with Gasteiger partial charge in [-0.15, -0.1) is 0 Å². The van der Waals surface area contributed by atoms with Crippen molar-refractivity contribution < 1.29 is 13.6 Å². The standard InChI is InChI=1S/C23H24N2O/c1-15-14-16(2)22(17(3)21(15)19-11-8-9-13-24(19)4)23-25(5)18-10-6-7-12-20(18)26-23/h6-14H,1-5H3/q+2. The highest BCUT2D eigenvalue weighted by Gasteiger charge is 2.27. The largest absolute Gasteiger partial charge is 0.398 e. The van der Waals surface area contributed by atoms with Crippen molar-refractivity contribution in [1.82, 2.24) is 0 Å². The first-order valence-electron chi connectivity index (χ1n) is 8.93. The summed E-state index contributed by atoms with van der Waals surface area (Å²) in [5.74, 6) is 0.904. The Morgan fingerprint density at radius 3 is 2.23 bits per heavy atom. The van der Waals surface area contributed by atoms with E-state index in [1.807, 2.05) is 18.2 Å². The first kappa shape index (κ1) is 16.5. The topological polar surface area (TPSA) is 20.9 Å². The van der Waals surface area contributed by atoms with Gasteiger partial charge >= 0.3 is 5.89 Å². The molecule has 0 amide bonds. The number of nitrogens with zero attached hydrogens (tertiary/aromatic N) is 2. The molecule has 0 fully saturated rings. The Balaban J connectivity index is 2.05. The Labute approximate surface area is 154 Å². The lowest BCUT2D eigenvalue weighted by atomic mass is 9.91. The number of benzene rings is 2. The maximum absolute atomic E-state index is 6.26. The van der Waals surface area contributed by atoms with Crippen molar-refractivity contribution in [1.29, 1.82) is 0 Å². The molecule has 3 heteroatoms. The third-order valence-electron chi connectivity index (χ3n) is 5.23. The van der Waals surface area contributed by atoms with E-state index in [4.69, 9.17) is 4.42 Å². The van der Waals surface area contributed by atoms with E-state index < -0.39 is 0 Å². The lowest BCUT2D eigenvalue weighted by Gasteiger charge is -2.13. The number of rotatable bonds is 2. The van der Waals surface area contributed by atoms with Gasteiger partial charge in [0, 0.05) is 18.2 Å². The van der Waals surface area contributed by atoms with Gasteiger partial charge in [-0.1, -0.05) is 18.2 Å². The van der Waals surface area contributed by atoms with E-state index in [9.17, 15) is 0 Å². The molecule has 0 radical (unpaired) electrons. The summed E-state index contributed by atoms with van der Waals surface area (Å²) in [5.41, 5.74) is 9.44. The first-order valence-corrected chi connectivity index (χ1v) is 8.93. The van der Waals surface area contributed by atoms with Crippen LogP contribution in [0.3, 0.4) is 0 Å². The van der Waals surface area contributed by atoms with Crippen LogP contribution in [0.4, 0.5) is 0 Å². The van der Waals surface area contributed by atoms with Crippen LogP contribution in [0.25, 0.3) is 33.8 Å². The number of hydrogen-bond donors (Lipinski definition) is 0. The lowest BCUT2D eigenvalue weighted by molar-refractivity contribution is -0.660. The van der Waals surface area contributed by atoms with Gasteiger partial charge in [-0.25, -0.2) is 4.57 Å². The fourth-order valence-electron chi connectivity index (χ4n) is 4.01. The molecule has 0 unspecified atom stereocenters. The second kappa shape index (κ2) is 6.10. The zero-order valence-electron chi connectivity index (χ0n) is 16.0. The summed E-state index contributed by atoms with van der Waals surface area (Å²) in [6.45, 7) is 6.55. The lowest BCUT2D eigenvalue weighted by Crippen LogP contribution is -2.31. The Morgan fingerprint density at radius 2 is 1.50 bits per heavy atom. The number of aryl methyl sites for hydroxylation is 4. The van der Waals surface area contributed by atoms with Crippen molar-refractivity contribution in [2.24, 2.45) is 14.1 Å². The summed E-state index contributed by atoms with van der Waals surface area (Å²) >= 11 is 0. The number of aromatic nitrogens is 2. The Morgan fingerprint density at radius 1 is 0.808 bits per heavy atom. The van der Waals surface area contributed by atoms with Crippen LogP contribution < -0.4 is 9.13 Å². The van der Waals surface area contributed by atoms with Crippen molar-refractivity contribution >= 4 is 11.1 Å². The molecule has 0 saturated carbocycles. The van der Waals surface area contributed by atoms with Gasteiger partial charge in [0.05, 0.1) is 11.1 Å². The summed E-state index contributed by atoms with van der Waals surface area (Å²) in [6, 6.07) is 16.8. The van der Waals surface area contributed by atoms with Crippen molar-refractivity contribution in [2.75, 3.05) is 0 Å². The van der Waals surface area contributed by atoms with Crippen LogP contribution in [0.15, 0.2) is 59.1 Å². The molecule has 2 aromatic carbocycles. The highest BCUT2D eigenvalue weighted by molar-refractivity contribution is 5.79. The molecule has 0 atom stereocenters. The van der Waals surface area contributed by atoms with Crippen molar-refractivity contribution in [3.8, 4) is 22.7 Å². The molecule has 130 valence electrons. The van der Waals surface area contributed by atoms with Crippen LogP contribution in [0.1, 0.15) is 16.7 Å². The van der Waals surface area contributed by atoms with E-state index in [1.54, 1.807) is 0 Å². The quantitative estimate of drug-likeness (QED) is 0.496. The Bertz CT molecular complexity index is 1140. The van der Waals surface area contributed by atoms with Crippen LogP contribution in [0, 0.1) is 20.8 Å². The van der Waals surface area contributed by atoms with Gasteiger partial charge in [-0.2, -0.15) is 4.57 Å². The minimum absolute atomic E-state index is 0.904. The Kier molecular flexibility index (Phi) is 3.87. The van der Waals surface area contributed by atoms with Crippen molar-refractivity contribution in [3.05, 3.63) is 71.4 Å². The first-order chi connectivity index (χ1) is 12.5. The molecule has 0 aliphatic heterocycles. The van der Waals surface area contributed by atoms with Gasteiger partial charge in [-0.05, 0) is 49.6 Å². The second-order valence-corrected chi connectivity index (χ2v) is 7.02. The number of hydrogen-bond acceptors (Lipinski definition) is 1. The minimum Gasteiger partial charge on any atom is -0.398 e. The van der Waals surface area contributed by atoms with E-state index in [1.165, 1.54) is 33.5 Å². The van der Waals surface area contributed by atoms with Gasteiger partial charge in [0.1, 0.15) is 14.1 Å². The maximum Gasteiger partial charge on any atom is 0.381 e. The average Bonchev–Trinajstić information content (AvgIpc) is 2.93. The summed E-state index contributed by atoms with van der Waals surface area (Å²) in [5, 5.41) is 0. The summed E-state index contributed by atoms with van der Waals surface area (Å²) in [4.78, 5) is 0. The monoisotopic (exact) mass is 344 g/mol. The summed E-state index contributed by atoms with van der Waals surface area (Å²) in [6.07, 6.45) is 2.09. The van der Waals surface area contributed by atoms with Crippen LogP contribution in [-0.2, 0) is 14.1 Å². The summed E-state index contributed by atoms with van der Waals surface area (Å²) < 4.78 is 10.6. The van der Waals surface area contributed by atoms with E-state index in [2.05, 4.69) is 80.5 Å². The number of fused-ring (bicyclic) bond motifs is 1. The molecule has 0 spiro atoms. The second-order valence-electron chi connectivity index (χ2n) is 7.02. The van der Waals surface area contributed by atoms with Crippen molar-refractivity contribution in [2.45, 2.75) is 20.8 Å². The highest BCUT2D eigenvalue weighted by Crippen LogP contribution is 2.35. The molecule has 0 aliphatic rings. The number of para-hydroxylation sites is 2. The minimum atomic E-state index is 0.904. The zero-order valence-corrected chi connectivity index (χ0v) is 16.0. The predicted octanol–water partition coefficient (Wildman–Crippen LogP) is 4.34. The molecule has 2 aromatic heterocycles. The molecular weight excluding hydrogens is 320 g/mol.